The highest BCUT2D eigenvalue weighted by atomic mass is 16.4. The normalized spacial score (nSPS) is 12.2. The van der Waals surface area contributed by atoms with Crippen molar-refractivity contribution in [2.24, 2.45) is 10.3 Å². The molecule has 5 heteroatoms. The molecule has 0 saturated heterocycles. The van der Waals surface area contributed by atoms with Crippen LogP contribution < -0.4 is 0 Å². The SMILES string of the molecule is N#CC(=N/O)/C(=N/O)c1ccccc1. The zero-order valence-electron chi connectivity index (χ0n) is 7.12. The van der Waals surface area contributed by atoms with Crippen molar-refractivity contribution in [3.63, 3.8) is 0 Å². The molecule has 0 saturated carbocycles. The second-order valence-corrected chi connectivity index (χ2v) is 2.38. The predicted molar refractivity (Wildman–Crippen MR) is 49.6 cm³/mol. The first-order valence-corrected chi connectivity index (χ1v) is 3.73. The van der Waals surface area contributed by atoms with E-state index in [1.165, 1.54) is 0 Å². The summed E-state index contributed by atoms with van der Waals surface area (Å²) in [6.45, 7) is 0. The van der Waals surface area contributed by atoms with Crippen LogP contribution in [0.25, 0.3) is 0 Å². The van der Waals surface area contributed by atoms with Crippen LogP contribution in [0.3, 0.4) is 0 Å². The van der Waals surface area contributed by atoms with Crippen LogP contribution in [0.4, 0.5) is 0 Å². The topological polar surface area (TPSA) is 89.0 Å². The van der Waals surface area contributed by atoms with Crippen LogP contribution in [0.1, 0.15) is 5.56 Å². The van der Waals surface area contributed by atoms with Gasteiger partial charge in [0, 0.05) is 5.56 Å². The highest BCUT2D eigenvalue weighted by Gasteiger charge is 2.11. The molecule has 0 heterocycles. The van der Waals surface area contributed by atoms with Gasteiger partial charge in [-0.15, -0.1) is 0 Å². The number of oxime groups is 2. The first kappa shape index (κ1) is 9.74. The van der Waals surface area contributed by atoms with Crippen molar-refractivity contribution in [1.29, 1.82) is 5.26 Å². The van der Waals surface area contributed by atoms with Gasteiger partial charge in [0.05, 0.1) is 0 Å². The Kier molecular flexibility index (Phi) is 3.21. The molecule has 0 aliphatic rings. The summed E-state index contributed by atoms with van der Waals surface area (Å²) in [4.78, 5) is 0. The van der Waals surface area contributed by atoms with Gasteiger partial charge in [0.15, 0.2) is 0 Å². The molecule has 0 fully saturated rings. The molecule has 0 aliphatic heterocycles. The Morgan fingerprint density at radius 3 is 2.21 bits per heavy atom. The van der Waals surface area contributed by atoms with Crippen LogP contribution >= 0.6 is 0 Å². The average Bonchev–Trinajstić information content (AvgIpc) is 2.27. The standard InChI is InChI=1S/C9H7N3O2/c10-6-8(11-13)9(12-14)7-4-2-1-3-5-7/h1-5,13-14H/b11-8-,12-9+. The maximum Gasteiger partial charge on any atom is 0.209 e. The molecule has 0 amide bonds. The molecular weight excluding hydrogens is 182 g/mol. The molecule has 0 spiro atoms. The molecule has 1 rings (SSSR count). The third kappa shape index (κ3) is 1.87. The summed E-state index contributed by atoms with van der Waals surface area (Å²) >= 11 is 0. The summed E-state index contributed by atoms with van der Waals surface area (Å²) in [5.41, 5.74) is 0.110. The maximum atomic E-state index is 8.66. The highest BCUT2D eigenvalue weighted by molar-refractivity contribution is 6.53. The van der Waals surface area contributed by atoms with Gasteiger partial charge in [0.25, 0.3) is 0 Å². The zero-order chi connectivity index (χ0) is 10.4. The molecule has 0 atom stereocenters. The molecule has 0 unspecified atom stereocenters. The fraction of sp³-hybridized carbons (Fsp3) is 0. The highest BCUT2D eigenvalue weighted by Crippen LogP contribution is 2.02. The number of rotatable bonds is 2. The van der Waals surface area contributed by atoms with Gasteiger partial charge in [-0.25, -0.2) is 0 Å². The smallest absolute Gasteiger partial charge is 0.209 e. The van der Waals surface area contributed by atoms with Crippen molar-refractivity contribution in [1.82, 2.24) is 0 Å². The van der Waals surface area contributed by atoms with Crippen LogP contribution in [0.15, 0.2) is 40.6 Å². The second kappa shape index (κ2) is 4.62. The van der Waals surface area contributed by atoms with Gasteiger partial charge in [-0.1, -0.05) is 40.6 Å². The van der Waals surface area contributed by atoms with E-state index >= 15 is 0 Å². The lowest BCUT2D eigenvalue weighted by atomic mass is 10.1. The molecule has 70 valence electrons. The summed E-state index contributed by atoms with van der Waals surface area (Å²) in [5, 5.41) is 31.3. The predicted octanol–water partition coefficient (Wildman–Crippen LogP) is 1.22. The van der Waals surface area contributed by atoms with Gasteiger partial charge >= 0.3 is 0 Å². The molecule has 14 heavy (non-hydrogen) atoms. The molecule has 2 N–H and O–H groups in total. The lowest BCUT2D eigenvalue weighted by molar-refractivity contribution is 0.315. The molecular formula is C9H7N3O2. The first-order chi connectivity index (χ1) is 6.83. The van der Waals surface area contributed by atoms with Crippen molar-refractivity contribution < 1.29 is 10.4 Å². The van der Waals surface area contributed by atoms with E-state index in [0.717, 1.165) is 0 Å². The van der Waals surface area contributed by atoms with Crippen molar-refractivity contribution in [3.8, 4) is 6.07 Å². The van der Waals surface area contributed by atoms with Crippen molar-refractivity contribution in [2.75, 3.05) is 0 Å². The van der Waals surface area contributed by atoms with E-state index in [4.69, 9.17) is 15.7 Å². The maximum absolute atomic E-state index is 8.66. The van der Waals surface area contributed by atoms with E-state index in [9.17, 15) is 0 Å². The first-order valence-electron chi connectivity index (χ1n) is 3.73. The van der Waals surface area contributed by atoms with E-state index in [-0.39, 0.29) is 11.4 Å². The Morgan fingerprint density at radius 1 is 1.14 bits per heavy atom. The Bertz CT molecular complexity index is 404. The lowest BCUT2D eigenvalue weighted by Gasteiger charge is -1.99. The lowest BCUT2D eigenvalue weighted by Crippen LogP contribution is -2.13. The fourth-order valence-electron chi connectivity index (χ4n) is 0.961. The molecule has 0 bridgehead atoms. The number of hydrogen-bond acceptors (Lipinski definition) is 5. The minimum atomic E-state index is -0.335. The van der Waals surface area contributed by atoms with E-state index in [1.807, 2.05) is 0 Å². The average molecular weight is 189 g/mol. The van der Waals surface area contributed by atoms with E-state index in [1.54, 1.807) is 36.4 Å². The molecule has 1 aromatic rings. The fourth-order valence-corrected chi connectivity index (χ4v) is 0.961. The van der Waals surface area contributed by atoms with Crippen molar-refractivity contribution in [3.05, 3.63) is 35.9 Å². The van der Waals surface area contributed by atoms with Crippen LogP contribution in [0.2, 0.25) is 0 Å². The Morgan fingerprint density at radius 2 is 1.79 bits per heavy atom. The van der Waals surface area contributed by atoms with Crippen LogP contribution in [-0.4, -0.2) is 21.8 Å². The minimum absolute atomic E-state index is 0.0596. The number of nitrogens with zero attached hydrogens (tertiary/aromatic N) is 3. The quantitative estimate of drug-likeness (QED) is 0.416. The number of benzene rings is 1. The molecule has 0 aliphatic carbocycles. The molecule has 1 aromatic carbocycles. The molecule has 0 aromatic heterocycles. The molecule has 5 nitrogen and oxygen atoms in total. The van der Waals surface area contributed by atoms with Crippen LogP contribution in [0.5, 0.6) is 0 Å². The van der Waals surface area contributed by atoms with E-state index in [2.05, 4.69) is 10.3 Å². The second-order valence-electron chi connectivity index (χ2n) is 2.38. The summed E-state index contributed by atoms with van der Waals surface area (Å²) in [6.07, 6.45) is 0. The minimum Gasteiger partial charge on any atom is -0.410 e. The van der Waals surface area contributed by atoms with Crippen LogP contribution in [0, 0.1) is 11.3 Å². The summed E-state index contributed by atoms with van der Waals surface area (Å²) in [7, 11) is 0. The van der Waals surface area contributed by atoms with Crippen molar-refractivity contribution >= 4 is 11.4 Å². The number of nitriles is 1. The number of hydrogen-bond donors (Lipinski definition) is 2. The zero-order valence-corrected chi connectivity index (χ0v) is 7.12. The third-order valence-corrected chi connectivity index (χ3v) is 1.58. The van der Waals surface area contributed by atoms with E-state index in [0.29, 0.717) is 5.56 Å². The van der Waals surface area contributed by atoms with Gasteiger partial charge in [-0.2, -0.15) is 5.26 Å². The summed E-state index contributed by atoms with van der Waals surface area (Å²) in [5.74, 6) is 0. The summed E-state index contributed by atoms with van der Waals surface area (Å²) in [6, 6.07) is 10.1. The summed E-state index contributed by atoms with van der Waals surface area (Å²) < 4.78 is 0. The van der Waals surface area contributed by atoms with E-state index < -0.39 is 0 Å². The Hall–Kier alpha value is -2.35. The van der Waals surface area contributed by atoms with Crippen LogP contribution in [-0.2, 0) is 0 Å². The molecule has 0 radical (unpaired) electrons. The van der Waals surface area contributed by atoms with Gasteiger partial charge in [-0.3, -0.25) is 0 Å². The third-order valence-electron chi connectivity index (χ3n) is 1.58. The Balaban J connectivity index is 3.15. The Labute approximate surface area is 80.2 Å². The van der Waals surface area contributed by atoms with Gasteiger partial charge in [0.1, 0.15) is 11.8 Å². The monoisotopic (exact) mass is 189 g/mol. The van der Waals surface area contributed by atoms with Crippen molar-refractivity contribution in [2.45, 2.75) is 0 Å². The van der Waals surface area contributed by atoms with Gasteiger partial charge in [-0.05, 0) is 0 Å². The largest absolute Gasteiger partial charge is 0.410 e. The van der Waals surface area contributed by atoms with Gasteiger partial charge < -0.3 is 10.4 Å². The van der Waals surface area contributed by atoms with Gasteiger partial charge in [0.2, 0.25) is 5.71 Å².